The molecule has 32 heavy (non-hydrogen) atoms. The molecule has 0 fully saturated rings. The van der Waals surface area contributed by atoms with Gasteiger partial charge in [0.2, 0.25) is 0 Å². The topological polar surface area (TPSA) is 9.23 Å². The van der Waals surface area contributed by atoms with Gasteiger partial charge in [0.15, 0.2) is 0 Å². The van der Waals surface area contributed by atoms with Gasteiger partial charge in [0, 0.05) is 22.8 Å². The Labute approximate surface area is 186 Å². The molecule has 4 aromatic rings. The van der Waals surface area contributed by atoms with E-state index in [0.29, 0.717) is 17.9 Å². The summed E-state index contributed by atoms with van der Waals surface area (Å²) in [4.78, 5) is 0. The summed E-state index contributed by atoms with van der Waals surface area (Å²) < 4.78 is 32.8. The van der Waals surface area contributed by atoms with Crippen LogP contribution in [0.4, 0.5) is 8.78 Å². The van der Waals surface area contributed by atoms with Gasteiger partial charge in [0.1, 0.15) is 24.0 Å². The molecule has 0 saturated carbocycles. The van der Waals surface area contributed by atoms with Crippen molar-refractivity contribution in [3.05, 3.63) is 125 Å². The van der Waals surface area contributed by atoms with Gasteiger partial charge in [-0.15, -0.1) is 0 Å². The maximum atomic E-state index is 14.2. The van der Waals surface area contributed by atoms with Gasteiger partial charge in [0.05, 0.1) is 5.56 Å². The maximum absolute atomic E-state index is 14.2. The van der Waals surface area contributed by atoms with Crippen molar-refractivity contribution in [3.8, 4) is 29.4 Å². The largest absolute Gasteiger partial charge is 0.489 e. The van der Waals surface area contributed by atoms with Crippen LogP contribution in [0.3, 0.4) is 0 Å². The molecule has 0 bridgehead atoms. The van der Waals surface area contributed by atoms with Crippen molar-refractivity contribution in [1.82, 2.24) is 0 Å². The number of fused-ring (bicyclic) bond motifs is 1. The van der Waals surface area contributed by atoms with Gasteiger partial charge >= 0.3 is 0 Å². The Morgan fingerprint density at radius 3 is 2.03 bits per heavy atom. The van der Waals surface area contributed by atoms with E-state index in [9.17, 15) is 8.78 Å². The van der Waals surface area contributed by atoms with Crippen LogP contribution < -0.4 is 4.74 Å². The molecule has 0 saturated heterocycles. The zero-order chi connectivity index (χ0) is 22.3. The second-order valence-corrected chi connectivity index (χ2v) is 7.02. The molecule has 4 rings (SSSR count). The average Bonchev–Trinajstić information content (AvgIpc) is 2.81. The third-order valence-electron chi connectivity index (χ3n) is 4.69. The Bertz CT molecular complexity index is 1410. The third-order valence-corrected chi connectivity index (χ3v) is 4.69. The van der Waals surface area contributed by atoms with Gasteiger partial charge in [-0.25, -0.2) is 8.78 Å². The Morgan fingerprint density at radius 1 is 0.688 bits per heavy atom. The van der Waals surface area contributed by atoms with Crippen LogP contribution >= 0.6 is 0 Å². The lowest BCUT2D eigenvalue weighted by atomic mass is 10.1. The van der Waals surface area contributed by atoms with Gasteiger partial charge in [-0.3, -0.25) is 0 Å². The molecule has 0 unspecified atom stereocenters. The minimum absolute atomic E-state index is 0.253. The van der Waals surface area contributed by atoms with Crippen LogP contribution in [0.5, 0.6) is 5.75 Å². The highest BCUT2D eigenvalue weighted by atomic mass is 19.1. The summed E-state index contributed by atoms with van der Waals surface area (Å²) in [7, 11) is 0. The molecule has 0 atom stereocenters. The molecule has 0 heterocycles. The molecule has 154 valence electrons. The fraction of sp³-hybridized carbons (Fsp3) is 0.0345. The predicted octanol–water partition coefficient (Wildman–Crippen LogP) is 6.48. The van der Waals surface area contributed by atoms with Gasteiger partial charge in [0.25, 0.3) is 0 Å². The summed E-state index contributed by atoms with van der Waals surface area (Å²) in [6, 6.07) is 22.4. The first-order valence-electron chi connectivity index (χ1n) is 9.97. The van der Waals surface area contributed by atoms with Crippen LogP contribution in [0.1, 0.15) is 22.3 Å². The smallest absolute Gasteiger partial charge is 0.142 e. The molecule has 1 nitrogen and oxygen atoms in total. The Morgan fingerprint density at radius 2 is 1.31 bits per heavy atom. The highest BCUT2D eigenvalue weighted by molar-refractivity contribution is 5.84. The zero-order valence-corrected chi connectivity index (χ0v) is 17.2. The summed E-state index contributed by atoms with van der Waals surface area (Å²) in [6.45, 7) is 3.88. The first kappa shape index (κ1) is 20.9. The second-order valence-electron chi connectivity index (χ2n) is 7.02. The monoisotopic (exact) mass is 420 g/mol. The quantitative estimate of drug-likeness (QED) is 0.272. The molecule has 0 amide bonds. The lowest BCUT2D eigenvalue weighted by molar-refractivity contribution is 0.361. The molecular weight excluding hydrogens is 402 g/mol. The summed E-state index contributed by atoms with van der Waals surface area (Å²) in [5, 5.41) is 1.78. The molecule has 4 aromatic carbocycles. The average molecular weight is 420 g/mol. The zero-order valence-electron chi connectivity index (χ0n) is 17.2. The Balaban J connectivity index is 1.47. The lowest BCUT2D eigenvalue weighted by Gasteiger charge is -2.03. The van der Waals surface area contributed by atoms with Crippen LogP contribution in [0, 0.1) is 35.3 Å². The predicted molar refractivity (Wildman–Crippen MR) is 124 cm³/mol. The first-order chi connectivity index (χ1) is 15.6. The van der Waals surface area contributed by atoms with Crippen molar-refractivity contribution < 1.29 is 13.5 Å². The van der Waals surface area contributed by atoms with E-state index >= 15 is 0 Å². The van der Waals surface area contributed by atoms with Gasteiger partial charge in [-0.2, -0.15) is 0 Å². The summed E-state index contributed by atoms with van der Waals surface area (Å²) in [6.07, 6.45) is 1.60. The first-order valence-corrected chi connectivity index (χ1v) is 9.97. The van der Waals surface area contributed by atoms with Crippen LogP contribution in [0.25, 0.3) is 10.8 Å². The number of hydrogen-bond donors (Lipinski definition) is 0. The van der Waals surface area contributed by atoms with Crippen molar-refractivity contribution in [2.24, 2.45) is 0 Å². The fourth-order valence-corrected chi connectivity index (χ4v) is 3.06. The van der Waals surface area contributed by atoms with Crippen LogP contribution in [-0.2, 0) is 0 Å². The number of hydrogen-bond acceptors (Lipinski definition) is 1. The maximum Gasteiger partial charge on any atom is 0.142 e. The van der Waals surface area contributed by atoms with Crippen molar-refractivity contribution in [1.29, 1.82) is 0 Å². The number of ether oxygens (including phenoxy) is 1. The van der Waals surface area contributed by atoms with E-state index in [-0.39, 0.29) is 5.82 Å². The molecule has 0 aliphatic rings. The van der Waals surface area contributed by atoms with Crippen LogP contribution in [0.2, 0.25) is 0 Å². The SMILES string of the molecule is C=CCOc1ccc(C#Cc2ccc(C#Cc3ccc4cc(F)ccc4c3)cc2)c(F)c1. The Hall–Kier alpha value is -4.34. The molecule has 3 heteroatoms. The third kappa shape index (κ3) is 5.22. The van der Waals surface area contributed by atoms with Crippen LogP contribution in [-0.4, -0.2) is 6.61 Å². The van der Waals surface area contributed by atoms with Gasteiger partial charge < -0.3 is 4.74 Å². The molecule has 0 spiro atoms. The van der Waals surface area contributed by atoms with Crippen molar-refractivity contribution >= 4 is 10.8 Å². The van der Waals surface area contributed by atoms with E-state index in [0.717, 1.165) is 27.5 Å². The molecular formula is C29H18F2O. The highest BCUT2D eigenvalue weighted by Crippen LogP contribution is 2.18. The number of rotatable bonds is 3. The normalized spacial score (nSPS) is 9.94. The number of benzene rings is 4. The molecule has 0 N–H and O–H groups in total. The van der Waals surface area contributed by atoms with Crippen molar-refractivity contribution in [2.45, 2.75) is 0 Å². The van der Waals surface area contributed by atoms with E-state index in [1.165, 1.54) is 18.2 Å². The highest BCUT2D eigenvalue weighted by Gasteiger charge is 2.02. The standard InChI is InChI=1S/C29H18F2O/c1-2-17-32-28-16-14-24(29(31)20-28)11-9-22-5-3-21(4-6-22)7-8-23-10-12-26-19-27(30)15-13-25(26)18-23/h2-6,10,12-16,18-20H,1,17H2. The molecule has 0 aliphatic heterocycles. The summed E-state index contributed by atoms with van der Waals surface area (Å²) in [5.41, 5.74) is 2.75. The van der Waals surface area contributed by atoms with E-state index < -0.39 is 5.82 Å². The summed E-state index contributed by atoms with van der Waals surface area (Å²) in [5.74, 6) is 11.8. The van der Waals surface area contributed by atoms with Gasteiger partial charge in [-0.05, 0) is 71.4 Å². The van der Waals surface area contributed by atoms with E-state index in [1.54, 1.807) is 24.3 Å². The molecule has 0 radical (unpaired) electrons. The lowest BCUT2D eigenvalue weighted by Crippen LogP contribution is -1.94. The minimum Gasteiger partial charge on any atom is -0.489 e. The van der Waals surface area contributed by atoms with E-state index in [2.05, 4.69) is 30.3 Å². The van der Waals surface area contributed by atoms with Crippen molar-refractivity contribution in [2.75, 3.05) is 6.61 Å². The van der Waals surface area contributed by atoms with Gasteiger partial charge in [-0.1, -0.05) is 48.5 Å². The minimum atomic E-state index is -0.431. The molecule has 0 aliphatic carbocycles. The second kappa shape index (κ2) is 9.65. The fourth-order valence-electron chi connectivity index (χ4n) is 3.06. The van der Waals surface area contributed by atoms with Crippen molar-refractivity contribution in [3.63, 3.8) is 0 Å². The van der Waals surface area contributed by atoms with Crippen LogP contribution in [0.15, 0.2) is 91.5 Å². The van der Waals surface area contributed by atoms with E-state index in [4.69, 9.17) is 4.74 Å². The summed E-state index contributed by atoms with van der Waals surface area (Å²) >= 11 is 0. The Kier molecular flexibility index (Phi) is 6.30. The van der Waals surface area contributed by atoms with E-state index in [1.807, 2.05) is 42.5 Å². The number of halogens is 2. The molecule has 0 aromatic heterocycles.